The van der Waals surface area contributed by atoms with Gasteiger partial charge in [0.2, 0.25) is 0 Å². The summed E-state index contributed by atoms with van der Waals surface area (Å²) in [6, 6.07) is 10.2. The molecule has 0 spiro atoms. The molecule has 1 aliphatic rings. The molecule has 0 bridgehead atoms. The lowest BCUT2D eigenvalue weighted by atomic mass is 9.98. The van der Waals surface area contributed by atoms with E-state index < -0.39 is 0 Å². The first-order valence-corrected chi connectivity index (χ1v) is 8.50. The van der Waals surface area contributed by atoms with Crippen LogP contribution in [0.2, 0.25) is 5.02 Å². The standard InChI is InChI=1S/C16H13Br2ClO/c1-9-2-3-12(19)8-13(9)15(18)14-7-11(17)6-10-4-5-20-16(10)14/h2-3,6-8,15H,4-5H2,1H3. The molecule has 3 rings (SSSR count). The largest absolute Gasteiger partial charge is 0.493 e. The Labute approximate surface area is 140 Å². The Morgan fingerprint density at radius 1 is 1.20 bits per heavy atom. The number of hydrogen-bond acceptors (Lipinski definition) is 1. The van der Waals surface area contributed by atoms with Gasteiger partial charge >= 0.3 is 0 Å². The lowest BCUT2D eigenvalue weighted by Crippen LogP contribution is -1.99. The topological polar surface area (TPSA) is 9.23 Å². The molecule has 0 aromatic heterocycles. The first-order valence-electron chi connectivity index (χ1n) is 6.41. The number of alkyl halides is 1. The van der Waals surface area contributed by atoms with E-state index >= 15 is 0 Å². The van der Waals surface area contributed by atoms with E-state index in [1.165, 1.54) is 16.7 Å². The minimum absolute atomic E-state index is 0.0746. The monoisotopic (exact) mass is 414 g/mol. The van der Waals surface area contributed by atoms with Crippen molar-refractivity contribution in [2.75, 3.05) is 6.61 Å². The molecular formula is C16H13Br2ClO. The molecule has 2 aromatic carbocycles. The number of rotatable bonds is 2. The van der Waals surface area contributed by atoms with E-state index in [2.05, 4.69) is 50.9 Å². The third kappa shape index (κ3) is 2.63. The number of ether oxygens (including phenoxy) is 1. The van der Waals surface area contributed by atoms with Crippen LogP contribution in [0, 0.1) is 6.92 Å². The molecule has 0 fully saturated rings. The van der Waals surface area contributed by atoms with Crippen LogP contribution in [0.3, 0.4) is 0 Å². The molecule has 1 unspecified atom stereocenters. The number of hydrogen-bond donors (Lipinski definition) is 0. The molecule has 1 nitrogen and oxygen atoms in total. The predicted molar refractivity (Wildman–Crippen MR) is 90.3 cm³/mol. The molecule has 0 amide bonds. The molecular weight excluding hydrogens is 403 g/mol. The molecule has 2 aromatic rings. The van der Waals surface area contributed by atoms with E-state index in [9.17, 15) is 0 Å². The average Bonchev–Trinajstić information content (AvgIpc) is 2.87. The average molecular weight is 417 g/mol. The first kappa shape index (κ1) is 14.4. The van der Waals surface area contributed by atoms with E-state index in [0.29, 0.717) is 0 Å². The summed E-state index contributed by atoms with van der Waals surface area (Å²) in [5.41, 5.74) is 4.80. The summed E-state index contributed by atoms with van der Waals surface area (Å²) < 4.78 is 6.90. The van der Waals surface area contributed by atoms with Gasteiger partial charge in [0.15, 0.2) is 0 Å². The molecule has 1 heterocycles. The van der Waals surface area contributed by atoms with Crippen molar-refractivity contribution in [3.63, 3.8) is 0 Å². The molecule has 0 saturated carbocycles. The molecule has 4 heteroatoms. The summed E-state index contributed by atoms with van der Waals surface area (Å²) in [6.07, 6.45) is 0.968. The summed E-state index contributed by atoms with van der Waals surface area (Å²) in [4.78, 5) is 0.0746. The molecule has 104 valence electrons. The molecule has 0 aliphatic carbocycles. The maximum Gasteiger partial charge on any atom is 0.127 e. The van der Waals surface area contributed by atoms with Crippen molar-refractivity contribution in [2.45, 2.75) is 18.2 Å². The van der Waals surface area contributed by atoms with Gasteiger partial charge in [-0.05, 0) is 47.9 Å². The zero-order chi connectivity index (χ0) is 14.3. The highest BCUT2D eigenvalue weighted by molar-refractivity contribution is 9.10. The summed E-state index contributed by atoms with van der Waals surface area (Å²) in [5, 5.41) is 0.752. The van der Waals surface area contributed by atoms with Gasteiger partial charge in [0.05, 0.1) is 11.4 Å². The van der Waals surface area contributed by atoms with Gasteiger partial charge in [-0.15, -0.1) is 0 Å². The van der Waals surface area contributed by atoms with Gasteiger partial charge in [-0.2, -0.15) is 0 Å². The van der Waals surface area contributed by atoms with Crippen LogP contribution in [0.5, 0.6) is 5.75 Å². The highest BCUT2D eigenvalue weighted by Gasteiger charge is 2.23. The van der Waals surface area contributed by atoms with Crippen molar-refractivity contribution in [3.8, 4) is 5.75 Å². The summed E-state index contributed by atoms with van der Waals surface area (Å²) in [7, 11) is 0. The number of aryl methyl sites for hydroxylation is 1. The smallest absolute Gasteiger partial charge is 0.127 e. The number of benzene rings is 2. The molecule has 1 aliphatic heterocycles. The molecule has 0 radical (unpaired) electrons. The predicted octanol–water partition coefficient (Wildman–Crippen LogP) is 5.83. The Morgan fingerprint density at radius 2 is 2.00 bits per heavy atom. The Kier molecular flexibility index (Phi) is 4.11. The molecule has 1 atom stereocenters. The van der Waals surface area contributed by atoms with Crippen molar-refractivity contribution >= 4 is 43.5 Å². The molecule has 0 N–H and O–H groups in total. The van der Waals surface area contributed by atoms with Gasteiger partial charge in [0.25, 0.3) is 0 Å². The van der Waals surface area contributed by atoms with Gasteiger partial charge in [0.1, 0.15) is 5.75 Å². The van der Waals surface area contributed by atoms with E-state index in [1.807, 2.05) is 18.2 Å². The Balaban J connectivity index is 2.11. The van der Waals surface area contributed by atoms with E-state index in [-0.39, 0.29) is 4.83 Å². The van der Waals surface area contributed by atoms with Crippen LogP contribution in [-0.2, 0) is 6.42 Å². The Morgan fingerprint density at radius 3 is 2.80 bits per heavy atom. The normalized spacial score (nSPS) is 14.8. The van der Waals surface area contributed by atoms with E-state index in [0.717, 1.165) is 33.8 Å². The molecule has 0 saturated heterocycles. The van der Waals surface area contributed by atoms with Crippen LogP contribution in [0.4, 0.5) is 0 Å². The van der Waals surface area contributed by atoms with Crippen molar-refractivity contribution in [2.24, 2.45) is 0 Å². The molecule has 20 heavy (non-hydrogen) atoms. The number of fused-ring (bicyclic) bond motifs is 1. The zero-order valence-corrected chi connectivity index (χ0v) is 14.8. The summed E-state index contributed by atoms with van der Waals surface area (Å²) in [6.45, 7) is 2.85. The zero-order valence-electron chi connectivity index (χ0n) is 10.9. The van der Waals surface area contributed by atoms with Gasteiger partial charge in [-0.3, -0.25) is 0 Å². The van der Waals surface area contributed by atoms with Crippen molar-refractivity contribution in [1.29, 1.82) is 0 Å². The van der Waals surface area contributed by atoms with Gasteiger partial charge in [0, 0.05) is 21.5 Å². The maximum absolute atomic E-state index is 6.14. The fourth-order valence-corrected chi connectivity index (χ4v) is 4.07. The minimum Gasteiger partial charge on any atom is -0.493 e. The fraction of sp³-hybridized carbons (Fsp3) is 0.250. The van der Waals surface area contributed by atoms with Crippen molar-refractivity contribution in [1.82, 2.24) is 0 Å². The van der Waals surface area contributed by atoms with Crippen LogP contribution >= 0.6 is 43.5 Å². The lowest BCUT2D eigenvalue weighted by molar-refractivity contribution is 0.354. The van der Waals surface area contributed by atoms with Crippen LogP contribution in [0.1, 0.15) is 27.1 Å². The summed E-state index contributed by atoms with van der Waals surface area (Å²) >= 11 is 13.5. The van der Waals surface area contributed by atoms with Gasteiger partial charge in [-0.1, -0.05) is 49.5 Å². The van der Waals surface area contributed by atoms with Crippen LogP contribution < -0.4 is 4.74 Å². The van der Waals surface area contributed by atoms with Crippen molar-refractivity contribution in [3.05, 3.63) is 62.1 Å². The fourth-order valence-electron chi connectivity index (χ4n) is 2.54. The van der Waals surface area contributed by atoms with E-state index in [4.69, 9.17) is 16.3 Å². The quantitative estimate of drug-likeness (QED) is 0.560. The third-order valence-corrected chi connectivity index (χ3v) is 5.24. The Bertz CT molecular complexity index is 670. The number of halogens is 3. The van der Waals surface area contributed by atoms with Crippen LogP contribution in [0.15, 0.2) is 34.8 Å². The van der Waals surface area contributed by atoms with Crippen molar-refractivity contribution < 1.29 is 4.74 Å². The lowest BCUT2D eigenvalue weighted by Gasteiger charge is -2.17. The minimum atomic E-state index is 0.0746. The van der Waals surface area contributed by atoms with Crippen LogP contribution in [0.25, 0.3) is 0 Å². The first-order chi connectivity index (χ1) is 9.56. The Hall–Kier alpha value is -0.510. The maximum atomic E-state index is 6.14. The van der Waals surface area contributed by atoms with Gasteiger partial charge < -0.3 is 4.74 Å². The van der Waals surface area contributed by atoms with E-state index in [1.54, 1.807) is 0 Å². The highest BCUT2D eigenvalue weighted by Crippen LogP contribution is 2.43. The summed E-state index contributed by atoms with van der Waals surface area (Å²) in [5.74, 6) is 1.01. The van der Waals surface area contributed by atoms with Crippen LogP contribution in [-0.4, -0.2) is 6.61 Å². The second kappa shape index (κ2) is 5.70. The highest BCUT2D eigenvalue weighted by atomic mass is 79.9. The second-order valence-electron chi connectivity index (χ2n) is 4.95. The second-order valence-corrected chi connectivity index (χ2v) is 7.21. The van der Waals surface area contributed by atoms with Gasteiger partial charge in [-0.25, -0.2) is 0 Å². The third-order valence-electron chi connectivity index (χ3n) is 3.56. The SMILES string of the molecule is Cc1ccc(Cl)cc1C(Br)c1cc(Br)cc2c1OCC2.